The molecule has 0 aliphatic carbocycles. The number of hydrogen-bond donors (Lipinski definition) is 0. The molecule has 0 unspecified atom stereocenters. The van der Waals surface area contributed by atoms with E-state index in [4.69, 9.17) is 6.42 Å². The predicted molar refractivity (Wildman–Crippen MR) is 39.6 cm³/mol. The summed E-state index contributed by atoms with van der Waals surface area (Å²) in [6, 6.07) is 0. The monoisotopic (exact) mass is 191 g/mol. The van der Waals surface area contributed by atoms with Crippen LogP contribution >= 0.6 is 0 Å². The van der Waals surface area contributed by atoms with Gasteiger partial charge in [-0.05, 0) is 6.42 Å². The summed E-state index contributed by atoms with van der Waals surface area (Å²) in [6.07, 6.45) is 0.962. The van der Waals surface area contributed by atoms with E-state index >= 15 is 0 Å². The predicted octanol–water partition coefficient (Wildman–Crippen LogP) is 1.03. The Morgan fingerprint density at radius 2 is 2.23 bits per heavy atom. The van der Waals surface area contributed by atoms with E-state index in [9.17, 15) is 18.0 Å². The Bertz CT molecular complexity index is 253. The van der Waals surface area contributed by atoms with Crippen LogP contribution in [-0.2, 0) is 4.79 Å². The second kappa shape index (κ2) is 3.29. The first kappa shape index (κ1) is 9.90. The summed E-state index contributed by atoms with van der Waals surface area (Å²) in [5.74, 6) is 0.923. The molecule has 13 heavy (non-hydrogen) atoms. The summed E-state index contributed by atoms with van der Waals surface area (Å²) in [7, 11) is 0. The van der Waals surface area contributed by atoms with Crippen molar-refractivity contribution in [2.75, 3.05) is 13.1 Å². The third kappa shape index (κ3) is 2.38. The van der Waals surface area contributed by atoms with E-state index in [0.29, 0.717) is 6.42 Å². The molecule has 1 aliphatic rings. The third-order valence-electron chi connectivity index (χ3n) is 1.87. The molecule has 72 valence electrons. The van der Waals surface area contributed by atoms with Crippen LogP contribution in [0.5, 0.6) is 0 Å². The Kier molecular flexibility index (Phi) is 2.50. The molecule has 0 bridgehead atoms. The normalized spacial score (nSPS) is 23.4. The fourth-order valence-electron chi connectivity index (χ4n) is 1.27. The van der Waals surface area contributed by atoms with E-state index in [2.05, 4.69) is 5.92 Å². The van der Waals surface area contributed by atoms with Gasteiger partial charge in [0.05, 0.1) is 0 Å². The lowest BCUT2D eigenvalue weighted by atomic mass is 10.1. The molecule has 1 aliphatic heterocycles. The van der Waals surface area contributed by atoms with Gasteiger partial charge in [0, 0.05) is 6.54 Å². The second-order valence-corrected chi connectivity index (χ2v) is 2.88. The van der Waals surface area contributed by atoms with Gasteiger partial charge in [-0.25, -0.2) is 0 Å². The number of likely N-dealkylation sites (tertiary alicyclic amines) is 1. The number of alkyl halides is 3. The van der Waals surface area contributed by atoms with Crippen molar-refractivity contribution in [3.63, 3.8) is 0 Å². The Balaban J connectivity index is 2.57. The highest BCUT2D eigenvalue weighted by atomic mass is 19.4. The van der Waals surface area contributed by atoms with E-state index in [-0.39, 0.29) is 6.54 Å². The van der Waals surface area contributed by atoms with Crippen molar-refractivity contribution in [1.29, 1.82) is 0 Å². The maximum atomic E-state index is 11.9. The molecular weight excluding hydrogens is 183 g/mol. The van der Waals surface area contributed by atoms with Crippen molar-refractivity contribution in [1.82, 2.24) is 4.90 Å². The van der Waals surface area contributed by atoms with Crippen LogP contribution < -0.4 is 0 Å². The zero-order chi connectivity index (χ0) is 10.1. The molecule has 1 fully saturated rings. The van der Waals surface area contributed by atoms with Crippen molar-refractivity contribution in [3.05, 3.63) is 0 Å². The quantitative estimate of drug-likeness (QED) is 0.567. The van der Waals surface area contributed by atoms with Crippen LogP contribution in [0.2, 0.25) is 0 Å². The van der Waals surface area contributed by atoms with Gasteiger partial charge in [0.25, 0.3) is 0 Å². The van der Waals surface area contributed by atoms with Crippen LogP contribution in [0.15, 0.2) is 0 Å². The van der Waals surface area contributed by atoms with Gasteiger partial charge in [-0.1, -0.05) is 5.92 Å². The highest BCUT2D eigenvalue weighted by Crippen LogP contribution is 2.23. The van der Waals surface area contributed by atoms with Gasteiger partial charge >= 0.3 is 6.18 Å². The lowest BCUT2D eigenvalue weighted by molar-refractivity contribution is -0.158. The number of carbonyl (C=O) groups excluding carboxylic acids is 1. The largest absolute Gasteiger partial charge is 0.406 e. The lowest BCUT2D eigenvalue weighted by Crippen LogP contribution is -2.36. The Morgan fingerprint density at radius 1 is 1.62 bits per heavy atom. The van der Waals surface area contributed by atoms with E-state index < -0.39 is 24.5 Å². The first-order valence-corrected chi connectivity index (χ1v) is 3.75. The summed E-state index contributed by atoms with van der Waals surface area (Å²) < 4.78 is 35.6. The highest BCUT2D eigenvalue weighted by molar-refractivity contribution is 5.83. The molecule has 0 saturated carbocycles. The standard InChI is InChI=1S/C8H8F3NO/c1-2-6-3-4-12(7(6)13)5-8(9,10)11/h1,6H,3-5H2/t6-/m0/s1. The molecule has 2 nitrogen and oxygen atoms in total. The number of halogens is 3. The zero-order valence-electron chi connectivity index (χ0n) is 6.77. The van der Waals surface area contributed by atoms with Crippen LogP contribution in [0.4, 0.5) is 13.2 Å². The second-order valence-electron chi connectivity index (χ2n) is 2.88. The van der Waals surface area contributed by atoms with Gasteiger partial charge in [0.2, 0.25) is 5.91 Å². The van der Waals surface area contributed by atoms with E-state index in [1.54, 1.807) is 0 Å². The van der Waals surface area contributed by atoms with Crippen molar-refractivity contribution in [2.24, 2.45) is 5.92 Å². The van der Waals surface area contributed by atoms with Crippen LogP contribution in [0.3, 0.4) is 0 Å². The molecule has 1 rings (SSSR count). The molecule has 1 heterocycles. The SMILES string of the molecule is C#C[C@H]1CCN(CC(F)(F)F)C1=O. The summed E-state index contributed by atoms with van der Waals surface area (Å²) in [6.45, 7) is -1.09. The molecule has 0 spiro atoms. The highest BCUT2D eigenvalue weighted by Gasteiger charge is 2.38. The van der Waals surface area contributed by atoms with E-state index in [0.717, 1.165) is 4.90 Å². The third-order valence-corrected chi connectivity index (χ3v) is 1.87. The Morgan fingerprint density at radius 3 is 2.62 bits per heavy atom. The Labute approximate surface area is 73.7 Å². The van der Waals surface area contributed by atoms with Crippen molar-refractivity contribution in [3.8, 4) is 12.3 Å². The fourth-order valence-corrected chi connectivity index (χ4v) is 1.27. The van der Waals surface area contributed by atoms with Crippen LogP contribution in [0.1, 0.15) is 6.42 Å². The minimum atomic E-state index is -4.33. The molecule has 0 aromatic heterocycles. The number of nitrogens with zero attached hydrogens (tertiary/aromatic N) is 1. The first-order valence-electron chi connectivity index (χ1n) is 3.75. The first-order chi connectivity index (χ1) is 5.94. The number of rotatable bonds is 1. The number of carbonyl (C=O) groups is 1. The Hall–Kier alpha value is -1.18. The molecular formula is C8H8F3NO. The van der Waals surface area contributed by atoms with E-state index in [1.165, 1.54) is 0 Å². The minimum absolute atomic E-state index is 0.104. The molecule has 1 atom stereocenters. The zero-order valence-corrected chi connectivity index (χ0v) is 6.77. The van der Waals surface area contributed by atoms with Gasteiger partial charge in [0.15, 0.2) is 0 Å². The summed E-state index contributed by atoms with van der Waals surface area (Å²) >= 11 is 0. The summed E-state index contributed by atoms with van der Waals surface area (Å²) in [5, 5.41) is 0. The van der Waals surface area contributed by atoms with Crippen molar-refractivity contribution >= 4 is 5.91 Å². The van der Waals surface area contributed by atoms with E-state index in [1.807, 2.05) is 0 Å². The maximum Gasteiger partial charge on any atom is 0.406 e. The molecule has 1 saturated heterocycles. The van der Waals surface area contributed by atoms with Gasteiger partial charge in [-0.2, -0.15) is 13.2 Å². The van der Waals surface area contributed by atoms with Crippen LogP contribution in [0, 0.1) is 18.3 Å². The molecule has 5 heteroatoms. The fraction of sp³-hybridized carbons (Fsp3) is 0.625. The number of terminal acetylenes is 1. The van der Waals surface area contributed by atoms with Gasteiger partial charge in [-0.3, -0.25) is 4.79 Å². The molecule has 0 aromatic carbocycles. The van der Waals surface area contributed by atoms with Gasteiger partial charge < -0.3 is 4.90 Å². The average molecular weight is 191 g/mol. The summed E-state index contributed by atoms with van der Waals surface area (Å²) in [5.41, 5.74) is 0. The lowest BCUT2D eigenvalue weighted by Gasteiger charge is -2.17. The van der Waals surface area contributed by atoms with Crippen molar-refractivity contribution in [2.45, 2.75) is 12.6 Å². The smallest absolute Gasteiger partial charge is 0.332 e. The molecule has 0 aromatic rings. The van der Waals surface area contributed by atoms with Crippen molar-refractivity contribution < 1.29 is 18.0 Å². The topological polar surface area (TPSA) is 20.3 Å². The molecule has 0 radical (unpaired) electrons. The average Bonchev–Trinajstić information content (AvgIpc) is 2.30. The molecule has 0 N–H and O–H groups in total. The maximum absolute atomic E-state index is 11.9. The summed E-state index contributed by atoms with van der Waals surface area (Å²) in [4.78, 5) is 11.9. The minimum Gasteiger partial charge on any atom is -0.332 e. The number of amides is 1. The van der Waals surface area contributed by atoms with Crippen LogP contribution in [0.25, 0.3) is 0 Å². The van der Waals surface area contributed by atoms with Gasteiger partial charge in [0.1, 0.15) is 12.5 Å². The van der Waals surface area contributed by atoms with Crippen LogP contribution in [-0.4, -0.2) is 30.1 Å². The van der Waals surface area contributed by atoms with Gasteiger partial charge in [-0.15, -0.1) is 6.42 Å². The number of hydrogen-bond acceptors (Lipinski definition) is 1. The molecule has 1 amide bonds.